The van der Waals surface area contributed by atoms with E-state index < -0.39 is 0 Å². The van der Waals surface area contributed by atoms with E-state index in [2.05, 4.69) is 10.3 Å². The Morgan fingerprint density at radius 1 is 1.21 bits per heavy atom. The van der Waals surface area contributed by atoms with Crippen molar-refractivity contribution in [2.24, 2.45) is 0 Å². The highest BCUT2D eigenvalue weighted by Gasteiger charge is 2.09. The monoisotopic (exact) mass is 291 g/mol. The molecule has 5 heteroatoms. The summed E-state index contributed by atoms with van der Waals surface area (Å²) in [5, 5.41) is 4.49. The van der Waals surface area contributed by atoms with Crippen LogP contribution in [-0.2, 0) is 0 Å². The molecule has 0 radical (unpaired) electrons. The van der Waals surface area contributed by atoms with Gasteiger partial charge in [0.1, 0.15) is 10.8 Å². The molecule has 0 saturated heterocycles. The van der Waals surface area contributed by atoms with Crippen molar-refractivity contribution in [3.05, 3.63) is 47.2 Å². The predicted molar refractivity (Wildman–Crippen MR) is 79.6 cm³/mol. The fourth-order valence-electron chi connectivity index (χ4n) is 1.87. The van der Waals surface area contributed by atoms with Crippen molar-refractivity contribution in [1.29, 1.82) is 0 Å². The van der Waals surface area contributed by atoms with Gasteiger partial charge in [0.15, 0.2) is 0 Å². The summed E-state index contributed by atoms with van der Waals surface area (Å²) in [6, 6.07) is 10.4. The lowest BCUT2D eigenvalue weighted by atomic mass is 10.2. The SMILES string of the molecule is [11CH3]Nc1ccc(-c2nc3cc(F)ccc3s2)cc1Cl. The van der Waals surface area contributed by atoms with Gasteiger partial charge in [0.05, 0.1) is 20.9 Å². The summed E-state index contributed by atoms with van der Waals surface area (Å²) in [5.74, 6) is -0.270. The minimum absolute atomic E-state index is 0.270. The van der Waals surface area contributed by atoms with Gasteiger partial charge in [-0.25, -0.2) is 9.37 Å². The molecule has 0 aliphatic rings. The molecule has 1 heterocycles. The molecule has 0 saturated carbocycles. The van der Waals surface area contributed by atoms with Crippen molar-refractivity contribution in [2.45, 2.75) is 0 Å². The number of thiazole rings is 1. The first-order valence-corrected chi connectivity index (χ1v) is 6.90. The number of benzene rings is 2. The van der Waals surface area contributed by atoms with Crippen LogP contribution in [0.4, 0.5) is 10.1 Å². The topological polar surface area (TPSA) is 24.9 Å². The minimum atomic E-state index is -0.270. The molecule has 3 aromatic rings. The second kappa shape index (κ2) is 4.79. The first-order valence-electron chi connectivity index (χ1n) is 5.71. The Morgan fingerprint density at radius 2 is 2.05 bits per heavy atom. The van der Waals surface area contributed by atoms with E-state index in [0.29, 0.717) is 10.5 Å². The van der Waals surface area contributed by atoms with Crippen LogP contribution in [0.15, 0.2) is 36.4 Å². The Balaban J connectivity index is 2.11. The summed E-state index contributed by atoms with van der Waals surface area (Å²) in [6.07, 6.45) is 0. The highest BCUT2D eigenvalue weighted by molar-refractivity contribution is 7.21. The van der Waals surface area contributed by atoms with E-state index in [1.807, 2.05) is 25.2 Å². The van der Waals surface area contributed by atoms with Crippen LogP contribution in [0.2, 0.25) is 5.02 Å². The minimum Gasteiger partial charge on any atom is -0.387 e. The lowest BCUT2D eigenvalue weighted by Crippen LogP contribution is -1.88. The molecule has 0 atom stereocenters. The van der Waals surface area contributed by atoms with Gasteiger partial charge >= 0.3 is 0 Å². The van der Waals surface area contributed by atoms with Crippen molar-refractivity contribution in [3.63, 3.8) is 0 Å². The van der Waals surface area contributed by atoms with E-state index in [1.165, 1.54) is 23.5 Å². The standard InChI is InChI=1S/C14H10ClFN2S/c1-17-11-4-2-8(6-10(11)15)14-18-12-7-9(16)3-5-13(12)19-14/h2-7,17H,1H3/i1-1. The fraction of sp³-hybridized carbons (Fsp3) is 0.0714. The molecule has 3 rings (SSSR count). The van der Waals surface area contributed by atoms with E-state index in [4.69, 9.17) is 11.6 Å². The third kappa shape index (κ3) is 2.29. The number of anilines is 1. The van der Waals surface area contributed by atoms with Crippen LogP contribution in [0.25, 0.3) is 20.8 Å². The maximum Gasteiger partial charge on any atom is 0.125 e. The van der Waals surface area contributed by atoms with E-state index in [0.717, 1.165) is 21.0 Å². The Hall–Kier alpha value is -1.65. The van der Waals surface area contributed by atoms with Crippen LogP contribution in [-0.4, -0.2) is 12.0 Å². The van der Waals surface area contributed by atoms with Crippen LogP contribution in [0, 0.1) is 5.82 Å². The first-order chi connectivity index (χ1) is 9.17. The van der Waals surface area contributed by atoms with Gasteiger partial charge in [-0.1, -0.05) is 11.6 Å². The van der Waals surface area contributed by atoms with Gasteiger partial charge in [-0.15, -0.1) is 11.3 Å². The molecule has 0 amide bonds. The van der Waals surface area contributed by atoms with Crippen molar-refractivity contribution in [2.75, 3.05) is 12.4 Å². The number of nitrogens with zero attached hydrogens (tertiary/aromatic N) is 1. The van der Waals surface area contributed by atoms with Gasteiger partial charge < -0.3 is 5.32 Å². The quantitative estimate of drug-likeness (QED) is 0.734. The zero-order valence-corrected chi connectivity index (χ0v) is 11.6. The number of fused-ring (bicyclic) bond motifs is 1. The van der Waals surface area contributed by atoms with Crippen molar-refractivity contribution >= 4 is 38.8 Å². The maximum absolute atomic E-state index is 13.1. The molecule has 0 aliphatic carbocycles. The first kappa shape index (κ1) is 12.4. The molecule has 2 nitrogen and oxygen atoms in total. The van der Waals surface area contributed by atoms with Crippen molar-refractivity contribution < 1.29 is 4.39 Å². The van der Waals surface area contributed by atoms with Crippen LogP contribution in [0.3, 0.4) is 0 Å². The molecule has 96 valence electrons. The Labute approximate surface area is 118 Å². The average molecular weight is 292 g/mol. The maximum atomic E-state index is 13.1. The molecule has 0 aliphatic heterocycles. The van der Waals surface area contributed by atoms with E-state index in [-0.39, 0.29) is 5.82 Å². The second-order valence-electron chi connectivity index (χ2n) is 4.08. The molecule has 0 bridgehead atoms. The molecular weight excluding hydrogens is 282 g/mol. The number of rotatable bonds is 2. The Bertz CT molecular complexity index is 754. The highest BCUT2D eigenvalue weighted by Crippen LogP contribution is 2.33. The van der Waals surface area contributed by atoms with E-state index >= 15 is 0 Å². The smallest absolute Gasteiger partial charge is 0.125 e. The second-order valence-corrected chi connectivity index (χ2v) is 5.51. The molecule has 0 unspecified atom stereocenters. The van der Waals surface area contributed by atoms with Gasteiger partial charge in [-0.05, 0) is 30.3 Å². The molecule has 2 aromatic carbocycles. The zero-order chi connectivity index (χ0) is 13.4. The summed E-state index contributed by atoms with van der Waals surface area (Å²) in [5.41, 5.74) is 2.48. The number of aromatic nitrogens is 1. The van der Waals surface area contributed by atoms with Gasteiger partial charge in [-0.3, -0.25) is 0 Å². The lowest BCUT2D eigenvalue weighted by Gasteiger charge is -2.04. The Kier molecular flexibility index (Phi) is 3.12. The fourth-order valence-corrected chi connectivity index (χ4v) is 3.09. The van der Waals surface area contributed by atoms with Gasteiger partial charge in [0.2, 0.25) is 0 Å². The largest absolute Gasteiger partial charge is 0.387 e. The molecule has 1 aromatic heterocycles. The Morgan fingerprint density at radius 3 is 2.79 bits per heavy atom. The van der Waals surface area contributed by atoms with Crippen LogP contribution >= 0.6 is 22.9 Å². The molecular formula is C14H10ClFN2S. The molecule has 0 fully saturated rings. The summed E-state index contributed by atoms with van der Waals surface area (Å²) in [4.78, 5) is 4.44. The molecule has 0 spiro atoms. The van der Waals surface area contributed by atoms with Crippen LogP contribution in [0.5, 0.6) is 0 Å². The summed E-state index contributed by atoms with van der Waals surface area (Å²) in [6.45, 7) is 0. The van der Waals surface area contributed by atoms with Gasteiger partial charge in [0.25, 0.3) is 0 Å². The van der Waals surface area contributed by atoms with E-state index in [9.17, 15) is 4.39 Å². The molecule has 1 N–H and O–H groups in total. The lowest BCUT2D eigenvalue weighted by molar-refractivity contribution is 0.629. The summed E-state index contributed by atoms with van der Waals surface area (Å²) >= 11 is 7.68. The number of halogens is 2. The summed E-state index contributed by atoms with van der Waals surface area (Å²) < 4.78 is 14.1. The number of hydrogen-bond acceptors (Lipinski definition) is 3. The molecule has 19 heavy (non-hydrogen) atoms. The van der Waals surface area contributed by atoms with Crippen molar-refractivity contribution in [3.8, 4) is 10.6 Å². The highest BCUT2D eigenvalue weighted by atomic mass is 35.5. The average Bonchev–Trinajstić information content (AvgIpc) is 2.81. The van der Waals surface area contributed by atoms with Crippen LogP contribution in [0.1, 0.15) is 0 Å². The zero-order valence-electron chi connectivity index (χ0n) is 10.1. The predicted octanol–water partition coefficient (Wildman–Crippen LogP) is 4.80. The number of nitrogens with one attached hydrogen (secondary N) is 1. The van der Waals surface area contributed by atoms with Gasteiger partial charge in [-0.2, -0.15) is 0 Å². The third-order valence-electron chi connectivity index (χ3n) is 2.83. The number of hydrogen-bond donors (Lipinski definition) is 1. The van der Waals surface area contributed by atoms with Gasteiger partial charge in [0, 0.05) is 18.7 Å². The van der Waals surface area contributed by atoms with Crippen LogP contribution < -0.4 is 5.32 Å². The normalized spacial score (nSPS) is 10.9. The summed E-state index contributed by atoms with van der Waals surface area (Å²) in [7, 11) is 1.82. The third-order valence-corrected chi connectivity index (χ3v) is 4.23. The van der Waals surface area contributed by atoms with Crippen molar-refractivity contribution in [1.82, 2.24) is 4.98 Å². The van der Waals surface area contributed by atoms with E-state index in [1.54, 1.807) is 6.07 Å².